The monoisotopic (exact) mass is 757 g/mol. The summed E-state index contributed by atoms with van der Waals surface area (Å²) < 4.78 is 13.1. The number of likely N-dealkylation sites (N-methyl/N-ethyl adjacent to an activating group) is 2. The SMILES string of the molecule is CN(C)CCC=C1CC[C@]2(C)[C@@H](C=NOCCN(C)C)CC[C@]2(OC(=O)C(=O)O[C@]23CC[C@H](C=NOCCN(C)C)[C@@]2(C)CCC(=CCCN(C)C)C3)C1. The third-order valence-corrected chi connectivity index (χ3v) is 13.0. The molecule has 0 unspecified atom stereocenters. The van der Waals surface area contributed by atoms with E-state index in [-0.39, 0.29) is 11.8 Å². The van der Waals surface area contributed by atoms with Gasteiger partial charge in [0, 0.05) is 74.1 Å². The lowest BCUT2D eigenvalue weighted by Crippen LogP contribution is -2.55. The van der Waals surface area contributed by atoms with Crippen molar-refractivity contribution in [3.05, 3.63) is 23.3 Å². The first-order valence-electron chi connectivity index (χ1n) is 20.3. The van der Waals surface area contributed by atoms with Gasteiger partial charge in [-0.05, 0) is 121 Å². The molecule has 0 aromatic heterocycles. The lowest BCUT2D eigenvalue weighted by Gasteiger charge is -2.50. The number of nitrogens with zero attached hydrogens (tertiary/aromatic N) is 6. The number of rotatable bonds is 18. The number of carbonyl (C=O) groups excluding carboxylic acids is 2. The summed E-state index contributed by atoms with van der Waals surface area (Å²) in [5.74, 6) is -1.68. The van der Waals surface area contributed by atoms with Gasteiger partial charge in [-0.15, -0.1) is 0 Å². The number of fused-ring (bicyclic) bond motifs is 2. The molecule has 4 rings (SSSR count). The molecule has 0 bridgehead atoms. The van der Waals surface area contributed by atoms with Crippen molar-refractivity contribution in [2.75, 3.05) is 95.8 Å². The Morgan fingerprint density at radius 2 is 0.981 bits per heavy atom. The van der Waals surface area contributed by atoms with Gasteiger partial charge in [0.15, 0.2) is 0 Å². The van der Waals surface area contributed by atoms with Crippen molar-refractivity contribution in [3.8, 4) is 0 Å². The van der Waals surface area contributed by atoms with Crippen molar-refractivity contribution in [2.45, 2.75) is 102 Å². The first-order valence-corrected chi connectivity index (χ1v) is 20.3. The molecule has 0 aromatic rings. The molecule has 6 atom stereocenters. The predicted octanol–water partition coefficient (Wildman–Crippen LogP) is 5.64. The van der Waals surface area contributed by atoms with E-state index in [2.05, 4.69) is 84.1 Å². The van der Waals surface area contributed by atoms with Crippen LogP contribution in [0.25, 0.3) is 0 Å². The smallest absolute Gasteiger partial charge is 0.418 e. The van der Waals surface area contributed by atoms with Crippen LogP contribution in [-0.4, -0.2) is 151 Å². The minimum absolute atomic E-state index is 0.0499. The van der Waals surface area contributed by atoms with Crippen LogP contribution >= 0.6 is 0 Å². The van der Waals surface area contributed by atoms with Gasteiger partial charge in [0.25, 0.3) is 0 Å². The Labute approximate surface area is 326 Å². The molecule has 0 aliphatic heterocycles. The number of hydrogen-bond acceptors (Lipinski definition) is 12. The van der Waals surface area contributed by atoms with E-state index in [1.165, 1.54) is 11.1 Å². The van der Waals surface area contributed by atoms with Crippen LogP contribution in [0, 0.1) is 22.7 Å². The number of oxime groups is 2. The van der Waals surface area contributed by atoms with Crippen LogP contribution in [0.5, 0.6) is 0 Å². The van der Waals surface area contributed by atoms with Gasteiger partial charge < -0.3 is 38.7 Å². The van der Waals surface area contributed by atoms with Gasteiger partial charge in [0.1, 0.15) is 24.4 Å². The van der Waals surface area contributed by atoms with Gasteiger partial charge in [0.2, 0.25) is 0 Å². The normalized spacial score (nSPS) is 32.8. The summed E-state index contributed by atoms with van der Waals surface area (Å²) in [6.07, 6.45) is 17.9. The van der Waals surface area contributed by atoms with Crippen LogP contribution in [0.2, 0.25) is 0 Å². The highest BCUT2D eigenvalue weighted by molar-refractivity contribution is 6.30. The van der Waals surface area contributed by atoms with E-state index in [0.717, 1.165) is 77.5 Å². The maximum absolute atomic E-state index is 14.2. The molecule has 12 nitrogen and oxygen atoms in total. The summed E-state index contributed by atoms with van der Waals surface area (Å²) in [5.41, 5.74) is 0.0742. The van der Waals surface area contributed by atoms with Gasteiger partial charge in [-0.1, -0.05) is 47.5 Å². The van der Waals surface area contributed by atoms with Gasteiger partial charge in [-0.2, -0.15) is 0 Å². The van der Waals surface area contributed by atoms with E-state index in [1.54, 1.807) is 0 Å². The number of carbonyl (C=O) groups is 2. The highest BCUT2D eigenvalue weighted by Gasteiger charge is 2.64. The maximum Gasteiger partial charge on any atom is 0.418 e. The zero-order valence-corrected chi connectivity index (χ0v) is 35.3. The molecule has 4 fully saturated rings. The summed E-state index contributed by atoms with van der Waals surface area (Å²) in [4.78, 5) is 48.1. The summed E-state index contributed by atoms with van der Waals surface area (Å²) in [6.45, 7) is 8.84. The fraction of sp³-hybridized carbons (Fsp3) is 0.810. The molecule has 0 heterocycles. The Kier molecular flexibility index (Phi) is 15.8. The van der Waals surface area contributed by atoms with Crippen molar-refractivity contribution in [3.63, 3.8) is 0 Å². The van der Waals surface area contributed by atoms with E-state index in [4.69, 9.17) is 19.1 Å². The van der Waals surface area contributed by atoms with Gasteiger partial charge in [-0.25, -0.2) is 9.59 Å². The number of esters is 2. The van der Waals surface area contributed by atoms with Gasteiger partial charge in [0.05, 0.1) is 0 Å². The second kappa shape index (κ2) is 19.4. The average molecular weight is 757 g/mol. The highest BCUT2D eigenvalue weighted by atomic mass is 16.6. The summed E-state index contributed by atoms with van der Waals surface area (Å²) in [7, 11) is 16.3. The molecular weight excluding hydrogens is 684 g/mol. The van der Waals surface area contributed by atoms with Crippen LogP contribution in [0.15, 0.2) is 33.6 Å². The molecule has 0 N–H and O–H groups in total. The molecule has 0 radical (unpaired) electrons. The van der Waals surface area contributed by atoms with Gasteiger partial charge >= 0.3 is 11.9 Å². The quantitative estimate of drug-likeness (QED) is 0.0436. The lowest BCUT2D eigenvalue weighted by atomic mass is 9.61. The Balaban J connectivity index is 1.57. The summed E-state index contributed by atoms with van der Waals surface area (Å²) in [5, 5.41) is 8.73. The Hall–Kier alpha value is -2.80. The van der Waals surface area contributed by atoms with E-state index >= 15 is 0 Å². The molecule has 12 heteroatoms. The Bertz CT molecular complexity index is 1280. The van der Waals surface area contributed by atoms with E-state index in [1.807, 2.05) is 40.6 Å². The van der Waals surface area contributed by atoms with Crippen LogP contribution in [-0.2, 0) is 28.7 Å². The first kappa shape index (κ1) is 43.9. The van der Waals surface area contributed by atoms with Crippen molar-refractivity contribution >= 4 is 24.4 Å². The molecule has 306 valence electrons. The minimum atomic E-state index is -0.889. The second-order valence-corrected chi connectivity index (χ2v) is 17.9. The molecular formula is C42H72N6O6. The Morgan fingerprint density at radius 1 is 0.611 bits per heavy atom. The summed E-state index contributed by atoms with van der Waals surface area (Å²) >= 11 is 0. The fourth-order valence-electron chi connectivity index (χ4n) is 9.33. The molecule has 4 saturated carbocycles. The fourth-order valence-corrected chi connectivity index (χ4v) is 9.33. The number of hydrogen-bond donors (Lipinski definition) is 0. The zero-order valence-electron chi connectivity index (χ0n) is 35.3. The van der Waals surface area contributed by atoms with Crippen molar-refractivity contribution < 1.29 is 28.7 Å². The van der Waals surface area contributed by atoms with E-state index in [9.17, 15) is 9.59 Å². The molecule has 4 aliphatic rings. The molecule has 0 aromatic carbocycles. The Morgan fingerprint density at radius 3 is 1.33 bits per heavy atom. The minimum Gasteiger partial charge on any atom is -0.450 e. The average Bonchev–Trinajstić information content (AvgIpc) is 3.53. The van der Waals surface area contributed by atoms with Crippen LogP contribution < -0.4 is 0 Å². The molecule has 0 amide bonds. The third-order valence-electron chi connectivity index (χ3n) is 13.0. The maximum atomic E-state index is 14.2. The molecule has 0 saturated heterocycles. The van der Waals surface area contributed by atoms with E-state index in [0.29, 0.717) is 38.9 Å². The zero-order chi connectivity index (χ0) is 39.6. The van der Waals surface area contributed by atoms with Crippen molar-refractivity contribution in [2.24, 2.45) is 33.0 Å². The van der Waals surface area contributed by atoms with Crippen LogP contribution in [0.4, 0.5) is 0 Å². The molecule has 4 aliphatic carbocycles. The molecule has 54 heavy (non-hydrogen) atoms. The lowest BCUT2D eigenvalue weighted by molar-refractivity contribution is -0.202. The molecule has 0 spiro atoms. The third kappa shape index (κ3) is 10.7. The van der Waals surface area contributed by atoms with Crippen LogP contribution in [0.1, 0.15) is 90.9 Å². The number of ether oxygens (including phenoxy) is 2. The topological polar surface area (TPSA) is 109 Å². The van der Waals surface area contributed by atoms with Crippen LogP contribution in [0.3, 0.4) is 0 Å². The van der Waals surface area contributed by atoms with Gasteiger partial charge in [-0.3, -0.25) is 0 Å². The highest BCUT2D eigenvalue weighted by Crippen LogP contribution is 2.62. The largest absolute Gasteiger partial charge is 0.450 e. The first-order chi connectivity index (χ1) is 25.5. The predicted molar refractivity (Wildman–Crippen MR) is 216 cm³/mol. The van der Waals surface area contributed by atoms with Crippen molar-refractivity contribution in [1.29, 1.82) is 0 Å². The van der Waals surface area contributed by atoms with E-state index < -0.39 is 34.0 Å². The van der Waals surface area contributed by atoms with Crippen molar-refractivity contribution in [1.82, 2.24) is 19.6 Å². The standard InChI is InChI=1S/C42H72N6O6/c1-39-19-15-33(13-11-23-45(3)4)29-41(39,21-17-35(39)31-43-51-27-25-47(7)8)53-37(49)38(50)54-42-22-18-36(32-44-52-28-26-48(9)10)40(42,2)20-16-34(30-42)14-12-24-46(5)6/h13-14,31-32,35-36H,11-12,15-30H2,1-10H3/t35-,36-,39-,40-,41+,42+/m1/s1. The second-order valence-electron chi connectivity index (χ2n) is 17.9. The summed E-state index contributed by atoms with van der Waals surface area (Å²) in [6, 6.07) is 0.